The zero-order chi connectivity index (χ0) is 23.0. The number of anilines is 1. The molecule has 0 saturated carbocycles. The average molecular weight is 457 g/mol. The van der Waals surface area contributed by atoms with E-state index >= 15 is 0 Å². The van der Waals surface area contributed by atoms with Gasteiger partial charge in [-0.1, -0.05) is 24.3 Å². The standard InChI is InChI=1S/C23H24N2O6S/c1-29-21-13-8-17(14-22(21)30-2)15-24-23(26)16-31-19-9-11-20(12-10-19)32(27,28)25-18-6-4-3-5-7-18/h3-14,25H,15-16H2,1-2H3,(H,24,26). The first-order chi connectivity index (χ1) is 15.4. The molecule has 0 spiro atoms. The van der Waals surface area contributed by atoms with Gasteiger partial charge in [-0.3, -0.25) is 9.52 Å². The van der Waals surface area contributed by atoms with Crippen LogP contribution in [0.3, 0.4) is 0 Å². The number of benzene rings is 3. The zero-order valence-corrected chi connectivity index (χ0v) is 18.5. The van der Waals surface area contributed by atoms with Crippen molar-refractivity contribution >= 4 is 21.6 Å². The van der Waals surface area contributed by atoms with E-state index in [1.165, 1.54) is 24.3 Å². The van der Waals surface area contributed by atoms with Gasteiger partial charge in [-0.2, -0.15) is 0 Å². The number of methoxy groups -OCH3 is 2. The Kier molecular flexibility index (Phi) is 7.56. The Morgan fingerprint density at radius 2 is 1.56 bits per heavy atom. The number of hydrogen-bond donors (Lipinski definition) is 2. The molecule has 0 aliphatic rings. The van der Waals surface area contributed by atoms with Crippen molar-refractivity contribution in [3.05, 3.63) is 78.4 Å². The Morgan fingerprint density at radius 3 is 2.22 bits per heavy atom. The van der Waals surface area contributed by atoms with Gasteiger partial charge in [0, 0.05) is 12.2 Å². The first kappa shape index (κ1) is 23.0. The first-order valence-corrected chi connectivity index (χ1v) is 11.2. The Bertz CT molecular complexity index is 1150. The highest BCUT2D eigenvalue weighted by Gasteiger charge is 2.14. The number of carbonyl (C=O) groups is 1. The Hall–Kier alpha value is -3.72. The maximum Gasteiger partial charge on any atom is 0.261 e. The summed E-state index contributed by atoms with van der Waals surface area (Å²) in [5.74, 6) is 1.25. The first-order valence-electron chi connectivity index (χ1n) is 9.69. The van der Waals surface area contributed by atoms with Gasteiger partial charge in [-0.15, -0.1) is 0 Å². The quantitative estimate of drug-likeness (QED) is 0.486. The molecule has 3 rings (SSSR count). The van der Waals surface area contributed by atoms with Gasteiger partial charge in [0.25, 0.3) is 15.9 Å². The number of rotatable bonds is 10. The van der Waals surface area contributed by atoms with Crippen molar-refractivity contribution in [2.24, 2.45) is 0 Å². The Balaban J connectivity index is 1.51. The molecule has 0 radical (unpaired) electrons. The second-order valence-corrected chi connectivity index (χ2v) is 8.38. The monoisotopic (exact) mass is 456 g/mol. The van der Waals surface area contributed by atoms with Crippen molar-refractivity contribution in [1.82, 2.24) is 5.32 Å². The average Bonchev–Trinajstić information content (AvgIpc) is 2.81. The lowest BCUT2D eigenvalue weighted by Gasteiger charge is -2.11. The van der Waals surface area contributed by atoms with Crippen molar-refractivity contribution in [2.45, 2.75) is 11.4 Å². The molecular formula is C23H24N2O6S. The number of sulfonamides is 1. The van der Waals surface area contributed by atoms with Crippen LogP contribution in [0.25, 0.3) is 0 Å². The lowest BCUT2D eigenvalue weighted by molar-refractivity contribution is -0.123. The molecule has 0 fully saturated rings. The largest absolute Gasteiger partial charge is 0.493 e. The van der Waals surface area contributed by atoms with E-state index in [-0.39, 0.29) is 17.4 Å². The topological polar surface area (TPSA) is 103 Å². The van der Waals surface area contributed by atoms with Crippen LogP contribution in [0.5, 0.6) is 17.2 Å². The van der Waals surface area contributed by atoms with Crippen LogP contribution in [0.1, 0.15) is 5.56 Å². The summed E-state index contributed by atoms with van der Waals surface area (Å²) in [6.45, 7) is 0.0898. The zero-order valence-electron chi connectivity index (χ0n) is 17.7. The van der Waals surface area contributed by atoms with E-state index in [4.69, 9.17) is 14.2 Å². The maximum atomic E-state index is 12.5. The van der Waals surface area contributed by atoms with Gasteiger partial charge in [0.2, 0.25) is 0 Å². The van der Waals surface area contributed by atoms with E-state index in [2.05, 4.69) is 10.0 Å². The summed E-state index contributed by atoms with van der Waals surface area (Å²) < 4.78 is 43.3. The lowest BCUT2D eigenvalue weighted by Crippen LogP contribution is -2.28. The van der Waals surface area contributed by atoms with Crippen molar-refractivity contribution in [3.63, 3.8) is 0 Å². The molecule has 0 aromatic heterocycles. The van der Waals surface area contributed by atoms with E-state index in [1.807, 2.05) is 6.07 Å². The van der Waals surface area contributed by atoms with Crippen LogP contribution in [0.15, 0.2) is 77.7 Å². The summed E-state index contributed by atoms with van der Waals surface area (Å²) >= 11 is 0. The van der Waals surface area contributed by atoms with Crippen LogP contribution < -0.4 is 24.2 Å². The number of carbonyl (C=O) groups excluding carboxylic acids is 1. The third kappa shape index (κ3) is 6.14. The third-order valence-electron chi connectivity index (χ3n) is 4.47. The van der Waals surface area contributed by atoms with Gasteiger partial charge in [0.15, 0.2) is 18.1 Å². The van der Waals surface area contributed by atoms with E-state index in [1.54, 1.807) is 56.7 Å². The molecule has 3 aromatic rings. The van der Waals surface area contributed by atoms with Crippen LogP contribution in [0.4, 0.5) is 5.69 Å². The second-order valence-electron chi connectivity index (χ2n) is 6.70. The highest BCUT2D eigenvalue weighted by molar-refractivity contribution is 7.92. The minimum absolute atomic E-state index is 0.0895. The summed E-state index contributed by atoms with van der Waals surface area (Å²) in [7, 11) is -0.618. The summed E-state index contributed by atoms with van der Waals surface area (Å²) in [5.41, 5.74) is 1.32. The van der Waals surface area contributed by atoms with Gasteiger partial charge in [-0.05, 0) is 54.1 Å². The molecule has 0 aliphatic carbocycles. The van der Waals surface area contributed by atoms with E-state index in [9.17, 15) is 13.2 Å². The van der Waals surface area contributed by atoms with Crippen LogP contribution in [0, 0.1) is 0 Å². The van der Waals surface area contributed by atoms with Gasteiger partial charge in [0.1, 0.15) is 5.75 Å². The van der Waals surface area contributed by atoms with Gasteiger partial charge >= 0.3 is 0 Å². The molecule has 0 saturated heterocycles. The minimum Gasteiger partial charge on any atom is -0.493 e. The number of nitrogens with one attached hydrogen (secondary N) is 2. The Labute approximate surface area is 187 Å². The molecule has 8 nitrogen and oxygen atoms in total. The molecule has 0 aliphatic heterocycles. The second kappa shape index (κ2) is 10.5. The SMILES string of the molecule is COc1ccc(CNC(=O)COc2ccc(S(=O)(=O)Nc3ccccc3)cc2)cc1OC. The number of hydrogen-bond acceptors (Lipinski definition) is 6. The third-order valence-corrected chi connectivity index (χ3v) is 5.86. The lowest BCUT2D eigenvalue weighted by atomic mass is 10.2. The summed E-state index contributed by atoms with van der Waals surface area (Å²) in [6, 6.07) is 19.8. The molecule has 2 N–H and O–H groups in total. The van der Waals surface area contributed by atoms with Crippen LogP contribution in [-0.4, -0.2) is 35.2 Å². The van der Waals surface area contributed by atoms with Crippen molar-refractivity contribution in [1.29, 1.82) is 0 Å². The molecule has 1 amide bonds. The molecule has 0 unspecified atom stereocenters. The highest BCUT2D eigenvalue weighted by Crippen LogP contribution is 2.27. The fourth-order valence-electron chi connectivity index (χ4n) is 2.83. The summed E-state index contributed by atoms with van der Waals surface area (Å²) in [6.07, 6.45) is 0. The number of amides is 1. The van der Waals surface area contributed by atoms with E-state index in [0.29, 0.717) is 29.5 Å². The van der Waals surface area contributed by atoms with Crippen molar-refractivity contribution in [2.75, 3.05) is 25.5 Å². The molecule has 9 heteroatoms. The minimum atomic E-state index is -3.72. The molecule has 32 heavy (non-hydrogen) atoms. The fourth-order valence-corrected chi connectivity index (χ4v) is 3.89. The van der Waals surface area contributed by atoms with E-state index in [0.717, 1.165) is 5.56 Å². The predicted octanol–water partition coefficient (Wildman–Crippen LogP) is 3.20. The fraction of sp³-hybridized carbons (Fsp3) is 0.174. The highest BCUT2D eigenvalue weighted by atomic mass is 32.2. The Morgan fingerprint density at radius 1 is 0.875 bits per heavy atom. The maximum absolute atomic E-state index is 12.5. The molecule has 0 heterocycles. The summed E-state index contributed by atoms with van der Waals surface area (Å²) in [4.78, 5) is 12.2. The molecular weight excluding hydrogens is 432 g/mol. The molecule has 0 atom stereocenters. The molecule has 0 bridgehead atoms. The van der Waals surface area contributed by atoms with Gasteiger partial charge in [0.05, 0.1) is 19.1 Å². The van der Waals surface area contributed by atoms with Gasteiger partial charge in [-0.25, -0.2) is 8.42 Å². The molecule has 168 valence electrons. The van der Waals surface area contributed by atoms with E-state index < -0.39 is 10.0 Å². The number of para-hydroxylation sites is 1. The predicted molar refractivity (Wildman–Crippen MR) is 121 cm³/mol. The molecule has 3 aromatic carbocycles. The van der Waals surface area contributed by atoms with Crippen molar-refractivity contribution < 1.29 is 27.4 Å². The summed E-state index contributed by atoms with van der Waals surface area (Å²) in [5, 5.41) is 2.75. The van der Waals surface area contributed by atoms with Crippen molar-refractivity contribution in [3.8, 4) is 17.2 Å². The number of ether oxygens (including phenoxy) is 3. The normalized spacial score (nSPS) is 10.8. The van der Waals surface area contributed by atoms with Crippen LogP contribution in [0.2, 0.25) is 0 Å². The van der Waals surface area contributed by atoms with Crippen LogP contribution in [-0.2, 0) is 21.4 Å². The smallest absolute Gasteiger partial charge is 0.261 e. The van der Waals surface area contributed by atoms with Gasteiger partial charge < -0.3 is 19.5 Å². The van der Waals surface area contributed by atoms with Crippen LogP contribution >= 0.6 is 0 Å².